The topological polar surface area (TPSA) is 88.1 Å². The van der Waals surface area contributed by atoms with Crippen LogP contribution in [0.3, 0.4) is 0 Å². The van der Waals surface area contributed by atoms with Gasteiger partial charge in [0.05, 0.1) is 39.7 Å². The van der Waals surface area contributed by atoms with Gasteiger partial charge in [-0.1, -0.05) is 6.07 Å². The Morgan fingerprint density at radius 3 is 2.88 bits per heavy atom. The van der Waals surface area contributed by atoms with Gasteiger partial charge in [-0.2, -0.15) is 0 Å². The highest BCUT2D eigenvalue weighted by atomic mass is 19.1. The van der Waals surface area contributed by atoms with Crippen molar-refractivity contribution in [2.75, 3.05) is 40.5 Å². The summed E-state index contributed by atoms with van der Waals surface area (Å²) >= 11 is 0. The number of benzene rings is 1. The standard InChI is InChI=1S/C17H23FN2O5/c1-19-15(21)9-17(23)10-20(5-6-25-11-17)16(22)8-12-3-4-14(24-2)13(18)7-12/h3-4,7,23H,5-6,8-11H2,1-2H3,(H,19,21). The average molecular weight is 354 g/mol. The van der Waals surface area contributed by atoms with Gasteiger partial charge in [0.2, 0.25) is 11.8 Å². The summed E-state index contributed by atoms with van der Waals surface area (Å²) in [5, 5.41) is 13.0. The minimum absolute atomic E-state index is 0.0160. The number of nitrogens with one attached hydrogen (secondary N) is 1. The van der Waals surface area contributed by atoms with E-state index < -0.39 is 11.4 Å². The molecular weight excluding hydrogens is 331 g/mol. The first kappa shape index (κ1) is 19.1. The number of β-amino-alcohol motifs (C(OH)–C–C–N with tert-alkyl or cyclic N) is 1. The van der Waals surface area contributed by atoms with E-state index >= 15 is 0 Å². The summed E-state index contributed by atoms with van der Waals surface area (Å²) in [6.45, 7) is 0.519. The molecule has 2 N–H and O–H groups in total. The van der Waals surface area contributed by atoms with E-state index in [0.717, 1.165) is 0 Å². The number of carbonyl (C=O) groups excluding carboxylic acids is 2. The van der Waals surface area contributed by atoms with Crippen molar-refractivity contribution in [2.45, 2.75) is 18.4 Å². The molecule has 8 heteroatoms. The van der Waals surface area contributed by atoms with Crippen LogP contribution in [0.25, 0.3) is 0 Å². The number of halogens is 1. The monoisotopic (exact) mass is 354 g/mol. The van der Waals surface area contributed by atoms with Gasteiger partial charge in [0.15, 0.2) is 11.6 Å². The Kier molecular flexibility index (Phi) is 6.33. The Hall–Kier alpha value is -2.19. The molecule has 7 nitrogen and oxygen atoms in total. The van der Waals surface area contributed by atoms with Crippen molar-refractivity contribution in [1.29, 1.82) is 0 Å². The third kappa shape index (κ3) is 5.14. The molecule has 0 aromatic heterocycles. The minimum atomic E-state index is -1.45. The number of hydrogen-bond acceptors (Lipinski definition) is 5. The Morgan fingerprint density at radius 2 is 2.24 bits per heavy atom. The molecule has 0 radical (unpaired) electrons. The summed E-state index contributed by atoms with van der Waals surface area (Å²) in [6.07, 6.45) is -0.179. The second-order valence-electron chi connectivity index (χ2n) is 6.09. The van der Waals surface area contributed by atoms with Crippen LogP contribution in [0.2, 0.25) is 0 Å². The van der Waals surface area contributed by atoms with Crippen LogP contribution in [0.15, 0.2) is 18.2 Å². The fourth-order valence-electron chi connectivity index (χ4n) is 2.73. The summed E-state index contributed by atoms with van der Waals surface area (Å²) in [4.78, 5) is 25.6. The largest absolute Gasteiger partial charge is 0.494 e. The maximum Gasteiger partial charge on any atom is 0.227 e. The molecule has 25 heavy (non-hydrogen) atoms. The Labute approximate surface area is 145 Å². The smallest absolute Gasteiger partial charge is 0.227 e. The third-order valence-corrected chi connectivity index (χ3v) is 4.05. The maximum absolute atomic E-state index is 13.8. The van der Waals surface area contributed by atoms with Gasteiger partial charge in [0.25, 0.3) is 0 Å². The first-order valence-corrected chi connectivity index (χ1v) is 7.98. The van der Waals surface area contributed by atoms with Crippen LogP contribution < -0.4 is 10.1 Å². The number of nitrogens with zero attached hydrogens (tertiary/aromatic N) is 1. The van der Waals surface area contributed by atoms with Gasteiger partial charge in [0, 0.05) is 13.6 Å². The minimum Gasteiger partial charge on any atom is -0.494 e. The lowest BCUT2D eigenvalue weighted by Gasteiger charge is -2.30. The molecule has 1 unspecified atom stereocenters. The highest BCUT2D eigenvalue weighted by Gasteiger charge is 2.36. The van der Waals surface area contributed by atoms with E-state index in [9.17, 15) is 19.1 Å². The van der Waals surface area contributed by atoms with E-state index in [-0.39, 0.29) is 50.2 Å². The van der Waals surface area contributed by atoms with Gasteiger partial charge >= 0.3 is 0 Å². The zero-order chi connectivity index (χ0) is 18.4. The van der Waals surface area contributed by atoms with Gasteiger partial charge < -0.3 is 24.8 Å². The molecular formula is C17H23FN2O5. The van der Waals surface area contributed by atoms with Crippen LogP contribution in [0.1, 0.15) is 12.0 Å². The highest BCUT2D eigenvalue weighted by Crippen LogP contribution is 2.20. The fraction of sp³-hybridized carbons (Fsp3) is 0.529. The lowest BCUT2D eigenvalue weighted by molar-refractivity contribution is -0.137. The second-order valence-corrected chi connectivity index (χ2v) is 6.09. The highest BCUT2D eigenvalue weighted by molar-refractivity contribution is 5.80. The Bertz CT molecular complexity index is 639. The molecule has 0 spiro atoms. The van der Waals surface area contributed by atoms with Crippen molar-refractivity contribution in [2.24, 2.45) is 0 Å². The maximum atomic E-state index is 13.8. The van der Waals surface area contributed by atoms with Crippen molar-refractivity contribution in [3.63, 3.8) is 0 Å². The number of aliphatic hydroxyl groups is 1. The number of methoxy groups -OCH3 is 1. The number of hydrogen-bond donors (Lipinski definition) is 2. The number of rotatable bonds is 5. The fourth-order valence-corrected chi connectivity index (χ4v) is 2.73. The van der Waals surface area contributed by atoms with E-state index in [4.69, 9.17) is 9.47 Å². The van der Waals surface area contributed by atoms with Gasteiger partial charge in [-0.3, -0.25) is 9.59 Å². The molecule has 1 heterocycles. The molecule has 1 aliphatic rings. The van der Waals surface area contributed by atoms with Gasteiger partial charge in [-0.05, 0) is 17.7 Å². The van der Waals surface area contributed by atoms with Crippen molar-refractivity contribution in [1.82, 2.24) is 10.2 Å². The summed E-state index contributed by atoms with van der Waals surface area (Å²) < 4.78 is 23.9. The molecule has 1 fully saturated rings. The lowest BCUT2D eigenvalue weighted by Crippen LogP contribution is -2.49. The lowest BCUT2D eigenvalue weighted by atomic mass is 9.99. The molecule has 1 aromatic rings. The van der Waals surface area contributed by atoms with Crippen LogP contribution in [-0.4, -0.2) is 67.9 Å². The van der Waals surface area contributed by atoms with Crippen LogP contribution in [0.5, 0.6) is 5.75 Å². The summed E-state index contributed by atoms with van der Waals surface area (Å²) in [5.41, 5.74) is -0.944. The van der Waals surface area contributed by atoms with E-state index in [1.807, 2.05) is 0 Å². The first-order valence-electron chi connectivity index (χ1n) is 7.98. The zero-order valence-electron chi connectivity index (χ0n) is 14.4. The molecule has 0 aliphatic carbocycles. The predicted molar refractivity (Wildman–Crippen MR) is 87.7 cm³/mol. The quantitative estimate of drug-likeness (QED) is 0.783. The SMILES string of the molecule is CNC(=O)CC1(O)COCCN(C(=O)Cc2ccc(OC)c(F)c2)C1. The number of carbonyl (C=O) groups is 2. The summed E-state index contributed by atoms with van der Waals surface area (Å²) in [6, 6.07) is 4.33. The molecule has 0 bridgehead atoms. The first-order chi connectivity index (χ1) is 11.9. The molecule has 2 amide bonds. The van der Waals surface area contributed by atoms with Crippen LogP contribution in [-0.2, 0) is 20.7 Å². The van der Waals surface area contributed by atoms with Gasteiger partial charge in [0.1, 0.15) is 5.60 Å². The molecule has 1 aliphatic heterocycles. The number of ether oxygens (including phenoxy) is 2. The van der Waals surface area contributed by atoms with Crippen molar-refractivity contribution < 1.29 is 28.6 Å². The molecule has 2 rings (SSSR count). The van der Waals surface area contributed by atoms with E-state index in [1.165, 1.54) is 31.2 Å². The normalized spacial score (nSPS) is 20.7. The third-order valence-electron chi connectivity index (χ3n) is 4.05. The van der Waals surface area contributed by atoms with Gasteiger partial charge in [-0.25, -0.2) is 4.39 Å². The van der Waals surface area contributed by atoms with Crippen LogP contribution >= 0.6 is 0 Å². The van der Waals surface area contributed by atoms with E-state index in [0.29, 0.717) is 12.1 Å². The molecule has 0 saturated carbocycles. The van der Waals surface area contributed by atoms with Crippen LogP contribution in [0, 0.1) is 5.82 Å². The van der Waals surface area contributed by atoms with Crippen molar-refractivity contribution in [3.05, 3.63) is 29.6 Å². The van der Waals surface area contributed by atoms with Crippen LogP contribution in [0.4, 0.5) is 4.39 Å². The summed E-state index contributed by atoms with van der Waals surface area (Å²) in [5.74, 6) is -1.04. The molecule has 138 valence electrons. The average Bonchev–Trinajstić information content (AvgIpc) is 2.76. The van der Waals surface area contributed by atoms with Gasteiger partial charge in [-0.15, -0.1) is 0 Å². The molecule has 1 aromatic carbocycles. The van der Waals surface area contributed by atoms with E-state index in [1.54, 1.807) is 6.07 Å². The Balaban J connectivity index is 2.06. The predicted octanol–water partition coefficient (Wildman–Crippen LogP) is 0.103. The second kappa shape index (κ2) is 8.26. The zero-order valence-corrected chi connectivity index (χ0v) is 14.4. The Morgan fingerprint density at radius 1 is 1.48 bits per heavy atom. The van der Waals surface area contributed by atoms with Crippen molar-refractivity contribution >= 4 is 11.8 Å². The van der Waals surface area contributed by atoms with E-state index in [2.05, 4.69) is 5.32 Å². The van der Waals surface area contributed by atoms with Crippen molar-refractivity contribution in [3.8, 4) is 5.75 Å². The number of amides is 2. The molecule has 1 saturated heterocycles. The molecule has 1 atom stereocenters. The summed E-state index contributed by atoms with van der Waals surface area (Å²) in [7, 11) is 2.85.